The van der Waals surface area contributed by atoms with E-state index in [4.69, 9.17) is 0 Å². The minimum Gasteiger partial charge on any atom is -0.335 e. The van der Waals surface area contributed by atoms with Crippen LogP contribution in [-0.4, -0.2) is 9.55 Å². The molecule has 88 valence electrons. The molecule has 3 heteroatoms. The molecule has 3 rings (SSSR count). The summed E-state index contributed by atoms with van der Waals surface area (Å²) in [6.07, 6.45) is 4.91. The Kier molecular flexibility index (Phi) is 2.69. The van der Waals surface area contributed by atoms with Crippen LogP contribution in [0.25, 0.3) is 0 Å². The summed E-state index contributed by atoms with van der Waals surface area (Å²) in [5.74, 6) is 1.17. The summed E-state index contributed by atoms with van der Waals surface area (Å²) < 4.78 is 2.21. The zero-order valence-electron chi connectivity index (χ0n) is 10.1. The van der Waals surface area contributed by atoms with Gasteiger partial charge in [-0.25, -0.2) is 4.98 Å². The lowest BCUT2D eigenvalue weighted by atomic mass is 10.0. The molecular weight excluding hydrogens is 210 g/mol. The van der Waals surface area contributed by atoms with Gasteiger partial charge in [-0.1, -0.05) is 24.3 Å². The molecule has 1 aromatic heterocycles. The highest BCUT2D eigenvalue weighted by molar-refractivity contribution is 5.34. The number of hydrogen-bond donors (Lipinski definition) is 1. The molecule has 1 aromatic carbocycles. The Bertz CT molecular complexity index is 516. The topological polar surface area (TPSA) is 29.9 Å². The molecule has 17 heavy (non-hydrogen) atoms. The zero-order valence-corrected chi connectivity index (χ0v) is 10.1. The second-order valence-corrected chi connectivity index (χ2v) is 4.47. The summed E-state index contributed by atoms with van der Waals surface area (Å²) in [4.78, 5) is 4.45. The number of aromatic nitrogens is 2. The Labute approximate surface area is 101 Å². The van der Waals surface area contributed by atoms with E-state index in [1.165, 1.54) is 17.0 Å². The molecular formula is C14H17N3. The predicted octanol–water partition coefficient (Wildman–Crippen LogP) is 2.29. The fourth-order valence-electron chi connectivity index (χ4n) is 2.56. The van der Waals surface area contributed by atoms with E-state index in [1.807, 2.05) is 6.20 Å². The average Bonchev–Trinajstić information content (AvgIpc) is 2.97. The van der Waals surface area contributed by atoms with Gasteiger partial charge in [-0.2, -0.15) is 0 Å². The van der Waals surface area contributed by atoms with Crippen LogP contribution in [0.4, 0.5) is 0 Å². The number of rotatable bonds is 3. The third-order valence-electron chi connectivity index (χ3n) is 3.50. The molecule has 0 spiro atoms. The highest BCUT2D eigenvalue weighted by atomic mass is 15.1. The Morgan fingerprint density at radius 3 is 3.18 bits per heavy atom. The van der Waals surface area contributed by atoms with Crippen LogP contribution in [0.15, 0.2) is 36.7 Å². The lowest BCUT2D eigenvalue weighted by Gasteiger charge is -2.12. The third-order valence-corrected chi connectivity index (χ3v) is 3.50. The van der Waals surface area contributed by atoms with E-state index in [0.29, 0.717) is 6.04 Å². The average molecular weight is 227 g/mol. The zero-order chi connectivity index (χ0) is 11.7. The van der Waals surface area contributed by atoms with Crippen LogP contribution in [0.3, 0.4) is 0 Å². The van der Waals surface area contributed by atoms with Crippen LogP contribution in [0, 0.1) is 0 Å². The summed E-state index contributed by atoms with van der Waals surface area (Å²) in [6.45, 7) is 4.12. The number of aryl methyl sites for hydroxylation is 1. The number of nitrogens with one attached hydrogen (secondary N) is 1. The smallest absolute Gasteiger partial charge is 0.110 e. The number of fused-ring (bicyclic) bond motifs is 1. The third kappa shape index (κ3) is 1.87. The molecule has 0 fully saturated rings. The highest BCUT2D eigenvalue weighted by Gasteiger charge is 2.22. The van der Waals surface area contributed by atoms with Crippen LogP contribution in [0.1, 0.15) is 29.9 Å². The van der Waals surface area contributed by atoms with Gasteiger partial charge in [-0.3, -0.25) is 0 Å². The molecule has 0 amide bonds. The maximum atomic E-state index is 4.45. The Hall–Kier alpha value is -1.61. The van der Waals surface area contributed by atoms with Crippen molar-refractivity contribution in [3.05, 3.63) is 53.6 Å². The van der Waals surface area contributed by atoms with Gasteiger partial charge >= 0.3 is 0 Å². The van der Waals surface area contributed by atoms with Crippen molar-refractivity contribution in [2.24, 2.45) is 0 Å². The van der Waals surface area contributed by atoms with Crippen LogP contribution in [0.5, 0.6) is 0 Å². The Balaban J connectivity index is 1.84. The fourth-order valence-corrected chi connectivity index (χ4v) is 2.56. The monoisotopic (exact) mass is 227 g/mol. The van der Waals surface area contributed by atoms with Gasteiger partial charge in [0.1, 0.15) is 5.82 Å². The van der Waals surface area contributed by atoms with Crippen LogP contribution < -0.4 is 5.32 Å². The van der Waals surface area contributed by atoms with Crippen molar-refractivity contribution >= 4 is 0 Å². The highest BCUT2D eigenvalue weighted by Crippen LogP contribution is 2.27. The first-order valence-electron chi connectivity index (χ1n) is 6.19. The predicted molar refractivity (Wildman–Crippen MR) is 67.6 cm³/mol. The molecule has 0 saturated heterocycles. The molecule has 1 aliphatic rings. The van der Waals surface area contributed by atoms with Crippen molar-refractivity contribution in [1.82, 2.24) is 14.9 Å². The van der Waals surface area contributed by atoms with Crippen molar-refractivity contribution in [2.45, 2.75) is 32.5 Å². The molecule has 2 heterocycles. The van der Waals surface area contributed by atoms with Crippen molar-refractivity contribution in [3.8, 4) is 0 Å². The van der Waals surface area contributed by atoms with E-state index in [-0.39, 0.29) is 0 Å². The number of imidazole rings is 1. The first kappa shape index (κ1) is 10.5. The summed E-state index contributed by atoms with van der Waals surface area (Å²) in [5, 5.41) is 3.56. The second-order valence-electron chi connectivity index (χ2n) is 4.47. The van der Waals surface area contributed by atoms with Gasteiger partial charge in [-0.05, 0) is 18.1 Å². The van der Waals surface area contributed by atoms with Crippen LogP contribution in [0.2, 0.25) is 0 Å². The molecule has 0 radical (unpaired) electrons. The van der Waals surface area contributed by atoms with E-state index in [9.17, 15) is 0 Å². The van der Waals surface area contributed by atoms with Crippen molar-refractivity contribution in [2.75, 3.05) is 0 Å². The fraction of sp³-hybridized carbons (Fsp3) is 0.357. The van der Waals surface area contributed by atoms with E-state index in [2.05, 4.69) is 52.3 Å². The van der Waals surface area contributed by atoms with E-state index in [0.717, 1.165) is 19.5 Å². The van der Waals surface area contributed by atoms with Gasteiger partial charge in [-0.15, -0.1) is 0 Å². The van der Waals surface area contributed by atoms with E-state index in [1.54, 1.807) is 0 Å². The summed E-state index contributed by atoms with van der Waals surface area (Å²) in [7, 11) is 0. The minimum absolute atomic E-state index is 0.416. The van der Waals surface area contributed by atoms with Gasteiger partial charge in [0.15, 0.2) is 0 Å². The summed E-state index contributed by atoms with van der Waals surface area (Å²) in [5.41, 5.74) is 2.85. The maximum absolute atomic E-state index is 4.45. The van der Waals surface area contributed by atoms with Gasteiger partial charge < -0.3 is 9.88 Å². The Morgan fingerprint density at radius 2 is 2.29 bits per heavy atom. The largest absolute Gasteiger partial charge is 0.335 e. The number of benzene rings is 1. The van der Waals surface area contributed by atoms with Gasteiger partial charge in [0.05, 0.1) is 0 Å². The van der Waals surface area contributed by atoms with Crippen molar-refractivity contribution < 1.29 is 0 Å². The van der Waals surface area contributed by atoms with Gasteiger partial charge in [0, 0.05) is 37.9 Å². The second kappa shape index (κ2) is 4.34. The van der Waals surface area contributed by atoms with E-state index < -0.39 is 0 Å². The number of hydrogen-bond acceptors (Lipinski definition) is 2. The van der Waals surface area contributed by atoms with Crippen LogP contribution >= 0.6 is 0 Å². The molecule has 1 unspecified atom stereocenters. The van der Waals surface area contributed by atoms with E-state index >= 15 is 0 Å². The first-order chi connectivity index (χ1) is 8.38. The summed E-state index contributed by atoms with van der Waals surface area (Å²) >= 11 is 0. The SMILES string of the molecule is CCn1ccnc1CC1NCc2ccccc21. The lowest BCUT2D eigenvalue weighted by molar-refractivity contribution is 0.547. The standard InChI is InChI=1S/C14H17N3/c1-2-17-8-7-15-14(17)9-13-12-6-4-3-5-11(12)10-16-13/h3-8,13,16H,2,9-10H2,1H3. The van der Waals surface area contributed by atoms with Crippen molar-refractivity contribution in [1.29, 1.82) is 0 Å². The minimum atomic E-state index is 0.416. The molecule has 1 atom stereocenters. The van der Waals surface area contributed by atoms with Gasteiger partial charge in [0.2, 0.25) is 0 Å². The molecule has 3 nitrogen and oxygen atoms in total. The molecule has 0 bridgehead atoms. The lowest BCUT2D eigenvalue weighted by Crippen LogP contribution is -2.17. The van der Waals surface area contributed by atoms with Crippen molar-refractivity contribution in [3.63, 3.8) is 0 Å². The molecule has 0 saturated carbocycles. The molecule has 0 aliphatic carbocycles. The van der Waals surface area contributed by atoms with Gasteiger partial charge in [0.25, 0.3) is 0 Å². The Morgan fingerprint density at radius 1 is 1.41 bits per heavy atom. The van der Waals surface area contributed by atoms with Crippen LogP contribution in [-0.2, 0) is 19.5 Å². The molecule has 1 N–H and O–H groups in total. The summed E-state index contributed by atoms with van der Waals surface area (Å²) in [6, 6.07) is 9.06. The molecule has 2 aromatic rings. The number of nitrogens with zero attached hydrogens (tertiary/aromatic N) is 2. The quantitative estimate of drug-likeness (QED) is 0.872. The first-order valence-corrected chi connectivity index (χ1v) is 6.19. The normalized spacial score (nSPS) is 18.3. The maximum Gasteiger partial charge on any atom is 0.110 e. The molecule has 1 aliphatic heterocycles.